The molecule has 24 heavy (non-hydrogen) atoms. The molecule has 1 aromatic heterocycles. The van der Waals surface area contributed by atoms with E-state index in [4.69, 9.17) is 0 Å². The van der Waals surface area contributed by atoms with Crippen molar-refractivity contribution in [2.24, 2.45) is 0 Å². The normalized spacial score (nSPS) is 20.5. The average Bonchev–Trinajstić information content (AvgIpc) is 3.34. The standard InChI is InChI=1S/C18H19N3O2S/c22-17(21-8-2-5-16(21)14-6-10-24-12-14)13-3-1-4-15(11-13)20-9-7-19-18(20)23/h1,3-4,6,10-12,16H,2,5,7-9H2,(H,19,23). The fraction of sp³-hybridized carbons (Fsp3) is 0.333. The second-order valence-electron chi connectivity index (χ2n) is 6.15. The van der Waals surface area contributed by atoms with Crippen molar-refractivity contribution in [3.63, 3.8) is 0 Å². The SMILES string of the molecule is O=C1NCCN1c1cccc(C(=O)N2CCCC2c2ccsc2)c1. The summed E-state index contributed by atoms with van der Waals surface area (Å²) in [6, 6.07) is 9.57. The van der Waals surface area contributed by atoms with E-state index in [2.05, 4.69) is 22.1 Å². The average molecular weight is 341 g/mol. The van der Waals surface area contributed by atoms with Gasteiger partial charge in [0, 0.05) is 30.9 Å². The summed E-state index contributed by atoms with van der Waals surface area (Å²) in [5.74, 6) is 0.0464. The van der Waals surface area contributed by atoms with E-state index in [0.717, 1.165) is 25.1 Å². The van der Waals surface area contributed by atoms with E-state index in [0.29, 0.717) is 18.7 Å². The first-order valence-electron chi connectivity index (χ1n) is 8.22. The second-order valence-corrected chi connectivity index (χ2v) is 6.93. The molecule has 6 heteroatoms. The number of urea groups is 1. The highest BCUT2D eigenvalue weighted by Crippen LogP contribution is 2.34. The lowest BCUT2D eigenvalue weighted by atomic mass is 10.1. The zero-order valence-corrected chi connectivity index (χ0v) is 14.1. The number of carbonyl (C=O) groups is 2. The number of nitrogens with one attached hydrogen (secondary N) is 1. The van der Waals surface area contributed by atoms with Crippen molar-refractivity contribution in [1.29, 1.82) is 0 Å². The Morgan fingerprint density at radius 1 is 1.25 bits per heavy atom. The van der Waals surface area contributed by atoms with Gasteiger partial charge in [-0.25, -0.2) is 4.79 Å². The molecule has 1 N–H and O–H groups in total. The molecule has 2 fully saturated rings. The van der Waals surface area contributed by atoms with E-state index in [-0.39, 0.29) is 18.0 Å². The molecule has 5 nitrogen and oxygen atoms in total. The van der Waals surface area contributed by atoms with Crippen molar-refractivity contribution in [3.05, 3.63) is 52.2 Å². The lowest BCUT2D eigenvalue weighted by Crippen LogP contribution is -2.31. The first-order valence-corrected chi connectivity index (χ1v) is 9.17. The van der Waals surface area contributed by atoms with Crippen molar-refractivity contribution >= 4 is 29.0 Å². The van der Waals surface area contributed by atoms with Crippen LogP contribution < -0.4 is 10.2 Å². The Labute approximate surface area is 144 Å². The maximum absolute atomic E-state index is 13.0. The molecule has 0 radical (unpaired) electrons. The van der Waals surface area contributed by atoms with Gasteiger partial charge in [0.25, 0.3) is 5.91 Å². The van der Waals surface area contributed by atoms with Gasteiger partial charge < -0.3 is 10.2 Å². The molecule has 1 aromatic carbocycles. The molecule has 2 aliphatic heterocycles. The van der Waals surface area contributed by atoms with E-state index < -0.39 is 0 Å². The van der Waals surface area contributed by atoms with Gasteiger partial charge in [-0.1, -0.05) is 6.07 Å². The second kappa shape index (κ2) is 6.28. The minimum Gasteiger partial charge on any atom is -0.336 e. The molecule has 1 unspecified atom stereocenters. The summed E-state index contributed by atoms with van der Waals surface area (Å²) in [5, 5.41) is 6.97. The van der Waals surface area contributed by atoms with E-state index in [1.807, 2.05) is 29.2 Å². The summed E-state index contributed by atoms with van der Waals surface area (Å²) in [6.45, 7) is 2.06. The molecule has 2 aromatic rings. The molecule has 2 saturated heterocycles. The largest absolute Gasteiger partial charge is 0.336 e. The van der Waals surface area contributed by atoms with Gasteiger partial charge in [0.1, 0.15) is 0 Å². The molecule has 0 spiro atoms. The molecule has 2 aliphatic rings. The van der Waals surface area contributed by atoms with Crippen LogP contribution >= 0.6 is 11.3 Å². The number of nitrogens with zero attached hydrogens (tertiary/aromatic N) is 2. The van der Waals surface area contributed by atoms with Crippen LogP contribution in [-0.2, 0) is 0 Å². The van der Waals surface area contributed by atoms with Crippen LogP contribution in [0.4, 0.5) is 10.5 Å². The lowest BCUT2D eigenvalue weighted by molar-refractivity contribution is 0.0736. The highest BCUT2D eigenvalue weighted by Gasteiger charge is 2.31. The summed E-state index contributed by atoms with van der Waals surface area (Å²) in [5.41, 5.74) is 2.65. The molecule has 4 rings (SSSR count). The number of benzene rings is 1. The third kappa shape index (κ3) is 2.67. The summed E-state index contributed by atoms with van der Waals surface area (Å²) < 4.78 is 0. The predicted molar refractivity (Wildman–Crippen MR) is 94.5 cm³/mol. The predicted octanol–water partition coefficient (Wildman–Crippen LogP) is 3.26. The summed E-state index contributed by atoms with van der Waals surface area (Å²) in [4.78, 5) is 28.5. The number of amides is 3. The van der Waals surface area contributed by atoms with Crippen LogP contribution in [-0.4, -0.2) is 36.5 Å². The van der Waals surface area contributed by atoms with Gasteiger partial charge in [0.2, 0.25) is 0 Å². The zero-order chi connectivity index (χ0) is 16.5. The van der Waals surface area contributed by atoms with Crippen LogP contribution in [0.2, 0.25) is 0 Å². The minimum atomic E-state index is -0.100. The molecule has 0 bridgehead atoms. The third-order valence-corrected chi connectivity index (χ3v) is 5.40. The smallest absolute Gasteiger partial charge is 0.321 e. The van der Waals surface area contributed by atoms with Crippen molar-refractivity contribution in [3.8, 4) is 0 Å². The van der Waals surface area contributed by atoms with Crippen LogP contribution in [0.5, 0.6) is 0 Å². The molecule has 3 heterocycles. The topological polar surface area (TPSA) is 52.7 Å². The van der Waals surface area contributed by atoms with Gasteiger partial charge in [-0.15, -0.1) is 0 Å². The molecule has 0 aliphatic carbocycles. The first-order chi connectivity index (χ1) is 11.7. The van der Waals surface area contributed by atoms with Crippen molar-refractivity contribution in [2.45, 2.75) is 18.9 Å². The molecule has 3 amide bonds. The van der Waals surface area contributed by atoms with E-state index in [1.54, 1.807) is 16.2 Å². The van der Waals surface area contributed by atoms with Gasteiger partial charge in [0.05, 0.1) is 6.04 Å². The monoisotopic (exact) mass is 341 g/mol. The molecular weight excluding hydrogens is 322 g/mol. The number of hydrogen-bond acceptors (Lipinski definition) is 3. The summed E-state index contributed by atoms with van der Waals surface area (Å²) >= 11 is 1.67. The van der Waals surface area contributed by atoms with Crippen LogP contribution in [0.1, 0.15) is 34.8 Å². The van der Waals surface area contributed by atoms with Crippen LogP contribution in [0, 0.1) is 0 Å². The molecule has 0 saturated carbocycles. The number of likely N-dealkylation sites (tertiary alicyclic amines) is 1. The Morgan fingerprint density at radius 2 is 2.17 bits per heavy atom. The molecule has 1 atom stereocenters. The first kappa shape index (κ1) is 15.2. The van der Waals surface area contributed by atoms with Crippen LogP contribution in [0.25, 0.3) is 0 Å². The minimum absolute atomic E-state index is 0.0464. The highest BCUT2D eigenvalue weighted by atomic mass is 32.1. The highest BCUT2D eigenvalue weighted by molar-refractivity contribution is 7.08. The van der Waals surface area contributed by atoms with E-state index in [1.165, 1.54) is 5.56 Å². The Morgan fingerprint density at radius 3 is 2.92 bits per heavy atom. The Kier molecular flexibility index (Phi) is 3.98. The lowest BCUT2D eigenvalue weighted by Gasteiger charge is -2.25. The number of rotatable bonds is 3. The Bertz CT molecular complexity index is 759. The van der Waals surface area contributed by atoms with Gasteiger partial charge in [-0.05, 0) is 53.4 Å². The maximum atomic E-state index is 13.0. The molecular formula is C18H19N3O2S. The van der Waals surface area contributed by atoms with Gasteiger partial charge in [-0.3, -0.25) is 9.69 Å². The number of anilines is 1. The van der Waals surface area contributed by atoms with Gasteiger partial charge >= 0.3 is 6.03 Å². The van der Waals surface area contributed by atoms with E-state index >= 15 is 0 Å². The number of thiophene rings is 1. The van der Waals surface area contributed by atoms with Crippen molar-refractivity contribution in [1.82, 2.24) is 10.2 Å². The fourth-order valence-electron chi connectivity index (χ4n) is 3.51. The Balaban J connectivity index is 1.59. The maximum Gasteiger partial charge on any atom is 0.321 e. The summed E-state index contributed by atoms with van der Waals surface area (Å²) in [7, 11) is 0. The third-order valence-electron chi connectivity index (χ3n) is 4.70. The Hall–Kier alpha value is -2.34. The van der Waals surface area contributed by atoms with Gasteiger partial charge in [-0.2, -0.15) is 11.3 Å². The number of hydrogen-bond donors (Lipinski definition) is 1. The summed E-state index contributed by atoms with van der Waals surface area (Å²) in [6.07, 6.45) is 2.04. The van der Waals surface area contributed by atoms with Crippen molar-refractivity contribution < 1.29 is 9.59 Å². The van der Waals surface area contributed by atoms with Gasteiger partial charge in [0.15, 0.2) is 0 Å². The molecule has 124 valence electrons. The van der Waals surface area contributed by atoms with Crippen molar-refractivity contribution in [2.75, 3.05) is 24.5 Å². The van der Waals surface area contributed by atoms with Crippen LogP contribution in [0.3, 0.4) is 0 Å². The zero-order valence-electron chi connectivity index (χ0n) is 13.3. The van der Waals surface area contributed by atoms with Crippen LogP contribution in [0.15, 0.2) is 41.1 Å². The quantitative estimate of drug-likeness (QED) is 0.932. The number of carbonyl (C=O) groups excluding carboxylic acids is 2. The fourth-order valence-corrected chi connectivity index (χ4v) is 4.22. The van der Waals surface area contributed by atoms with E-state index in [9.17, 15) is 9.59 Å².